The van der Waals surface area contributed by atoms with Gasteiger partial charge in [0.05, 0.1) is 17.4 Å². The number of aryl methyl sites for hydroxylation is 1. The fourth-order valence-electron chi connectivity index (χ4n) is 2.69. The van der Waals surface area contributed by atoms with Gasteiger partial charge in [-0.2, -0.15) is 0 Å². The summed E-state index contributed by atoms with van der Waals surface area (Å²) < 4.78 is 4.98. The number of rotatable bonds is 3. The molecule has 2 aromatic rings. The molecule has 0 aromatic carbocycles. The standard InChI is InChI=1S/C14H15ClN2O2S/c1-9-8-20-13(16-9)14(5-2-3-6-14)17-12(18)10-4-7-19-11(10)15/h4,7-8H,2-3,5-6H2,1H3,(H,17,18). The van der Waals surface area contributed by atoms with E-state index in [9.17, 15) is 4.79 Å². The number of thiazole rings is 1. The molecule has 0 radical (unpaired) electrons. The molecule has 1 fully saturated rings. The van der Waals surface area contributed by atoms with Gasteiger partial charge in [-0.25, -0.2) is 4.98 Å². The monoisotopic (exact) mass is 310 g/mol. The van der Waals surface area contributed by atoms with E-state index in [1.165, 1.54) is 6.26 Å². The Morgan fingerprint density at radius 1 is 1.50 bits per heavy atom. The highest BCUT2D eigenvalue weighted by molar-refractivity contribution is 7.09. The van der Waals surface area contributed by atoms with E-state index in [1.807, 2.05) is 12.3 Å². The van der Waals surface area contributed by atoms with Gasteiger partial charge in [0, 0.05) is 11.1 Å². The summed E-state index contributed by atoms with van der Waals surface area (Å²) in [5.41, 5.74) is 1.02. The van der Waals surface area contributed by atoms with Gasteiger partial charge in [-0.3, -0.25) is 4.79 Å². The molecular weight excluding hydrogens is 296 g/mol. The van der Waals surface area contributed by atoms with Crippen LogP contribution in [0.3, 0.4) is 0 Å². The highest BCUT2D eigenvalue weighted by Crippen LogP contribution is 2.40. The van der Waals surface area contributed by atoms with Gasteiger partial charge in [-0.15, -0.1) is 11.3 Å². The van der Waals surface area contributed by atoms with Crippen molar-refractivity contribution in [3.63, 3.8) is 0 Å². The first-order chi connectivity index (χ1) is 9.61. The largest absolute Gasteiger partial charge is 0.452 e. The Labute approximate surface area is 126 Å². The first-order valence-corrected chi connectivity index (χ1v) is 7.85. The lowest BCUT2D eigenvalue weighted by Gasteiger charge is -2.28. The quantitative estimate of drug-likeness (QED) is 0.935. The Morgan fingerprint density at radius 3 is 2.80 bits per heavy atom. The van der Waals surface area contributed by atoms with E-state index >= 15 is 0 Å². The number of nitrogens with zero attached hydrogens (tertiary/aromatic N) is 1. The Kier molecular flexibility index (Phi) is 3.56. The zero-order chi connectivity index (χ0) is 14.2. The van der Waals surface area contributed by atoms with Gasteiger partial charge in [0.15, 0.2) is 0 Å². The van der Waals surface area contributed by atoms with E-state index < -0.39 is 0 Å². The van der Waals surface area contributed by atoms with Crippen LogP contribution in [0.4, 0.5) is 0 Å². The Morgan fingerprint density at radius 2 is 2.25 bits per heavy atom. The van der Waals surface area contributed by atoms with Crippen molar-refractivity contribution < 1.29 is 9.21 Å². The number of nitrogens with one attached hydrogen (secondary N) is 1. The zero-order valence-electron chi connectivity index (χ0n) is 11.1. The van der Waals surface area contributed by atoms with Crippen LogP contribution >= 0.6 is 22.9 Å². The second-order valence-electron chi connectivity index (χ2n) is 5.15. The highest BCUT2D eigenvalue weighted by Gasteiger charge is 2.40. The first kappa shape index (κ1) is 13.6. The van der Waals surface area contributed by atoms with Crippen LogP contribution in [-0.2, 0) is 5.54 Å². The molecule has 0 spiro atoms. The third-order valence-corrected chi connectivity index (χ3v) is 5.16. The van der Waals surface area contributed by atoms with E-state index in [4.69, 9.17) is 16.0 Å². The predicted octanol–water partition coefficient (Wildman–Crippen LogP) is 3.90. The average molecular weight is 311 g/mol. The van der Waals surface area contributed by atoms with Crippen molar-refractivity contribution in [2.45, 2.75) is 38.1 Å². The van der Waals surface area contributed by atoms with Crippen LogP contribution in [0, 0.1) is 6.92 Å². The van der Waals surface area contributed by atoms with Crippen molar-refractivity contribution in [2.75, 3.05) is 0 Å². The number of hydrogen-bond acceptors (Lipinski definition) is 4. The lowest BCUT2D eigenvalue weighted by Crippen LogP contribution is -2.43. The molecule has 106 valence electrons. The molecule has 0 bridgehead atoms. The third kappa shape index (κ3) is 2.36. The summed E-state index contributed by atoms with van der Waals surface area (Å²) in [6, 6.07) is 1.59. The van der Waals surface area contributed by atoms with Crippen LogP contribution < -0.4 is 5.32 Å². The molecule has 0 unspecified atom stereocenters. The van der Waals surface area contributed by atoms with Crippen molar-refractivity contribution in [3.8, 4) is 0 Å². The van der Waals surface area contributed by atoms with E-state index in [1.54, 1.807) is 17.4 Å². The summed E-state index contributed by atoms with van der Waals surface area (Å²) in [4.78, 5) is 17.0. The highest BCUT2D eigenvalue weighted by atomic mass is 35.5. The van der Waals surface area contributed by atoms with Gasteiger partial charge in [-0.05, 0) is 37.4 Å². The van der Waals surface area contributed by atoms with Gasteiger partial charge in [0.1, 0.15) is 5.01 Å². The Bertz CT molecular complexity index is 629. The number of carbonyl (C=O) groups is 1. The molecule has 2 heterocycles. The number of furan rings is 1. The lowest BCUT2D eigenvalue weighted by molar-refractivity contribution is 0.0897. The van der Waals surface area contributed by atoms with Crippen LogP contribution in [0.25, 0.3) is 0 Å². The summed E-state index contributed by atoms with van der Waals surface area (Å²) >= 11 is 7.48. The molecule has 3 rings (SSSR count). The van der Waals surface area contributed by atoms with Crippen LogP contribution in [0.2, 0.25) is 5.22 Å². The lowest BCUT2D eigenvalue weighted by atomic mass is 9.98. The molecule has 4 nitrogen and oxygen atoms in total. The number of hydrogen-bond donors (Lipinski definition) is 1. The van der Waals surface area contributed by atoms with Crippen molar-refractivity contribution in [2.24, 2.45) is 0 Å². The summed E-state index contributed by atoms with van der Waals surface area (Å²) in [5, 5.41) is 6.27. The second-order valence-corrected chi connectivity index (χ2v) is 6.35. The summed E-state index contributed by atoms with van der Waals surface area (Å²) in [6.07, 6.45) is 5.45. The summed E-state index contributed by atoms with van der Waals surface area (Å²) in [6.45, 7) is 1.97. The molecule has 20 heavy (non-hydrogen) atoms. The van der Waals surface area contributed by atoms with E-state index in [-0.39, 0.29) is 16.7 Å². The maximum absolute atomic E-state index is 12.4. The van der Waals surface area contributed by atoms with Crippen molar-refractivity contribution >= 4 is 28.8 Å². The number of aromatic nitrogens is 1. The second kappa shape index (κ2) is 5.22. The maximum Gasteiger partial charge on any atom is 0.256 e. The topological polar surface area (TPSA) is 55.1 Å². The van der Waals surface area contributed by atoms with E-state index in [0.717, 1.165) is 36.4 Å². The van der Waals surface area contributed by atoms with E-state index in [2.05, 4.69) is 10.3 Å². The minimum absolute atomic E-state index is 0.131. The molecule has 0 saturated heterocycles. The molecule has 1 saturated carbocycles. The summed E-state index contributed by atoms with van der Waals surface area (Å²) in [7, 11) is 0. The molecule has 1 aliphatic carbocycles. The fraction of sp³-hybridized carbons (Fsp3) is 0.429. The molecule has 1 aliphatic rings. The minimum Gasteiger partial charge on any atom is -0.452 e. The number of amides is 1. The zero-order valence-corrected chi connectivity index (χ0v) is 12.7. The number of carbonyl (C=O) groups excluding carboxylic acids is 1. The fourth-order valence-corrected chi connectivity index (χ4v) is 3.90. The first-order valence-electron chi connectivity index (χ1n) is 6.59. The average Bonchev–Trinajstić information content (AvgIpc) is 3.10. The Balaban J connectivity index is 1.89. The van der Waals surface area contributed by atoms with Crippen molar-refractivity contribution in [1.82, 2.24) is 10.3 Å². The SMILES string of the molecule is Cc1csc(C2(NC(=O)c3ccoc3Cl)CCCC2)n1. The maximum atomic E-state index is 12.4. The molecule has 0 atom stereocenters. The molecule has 6 heteroatoms. The van der Waals surface area contributed by atoms with Gasteiger partial charge in [0.25, 0.3) is 5.91 Å². The minimum atomic E-state index is -0.351. The number of halogens is 1. The predicted molar refractivity (Wildman–Crippen MR) is 78.2 cm³/mol. The Hall–Kier alpha value is -1.33. The molecule has 2 aromatic heterocycles. The molecule has 1 N–H and O–H groups in total. The normalized spacial score (nSPS) is 17.3. The van der Waals surface area contributed by atoms with Gasteiger partial charge >= 0.3 is 0 Å². The molecule has 1 amide bonds. The smallest absolute Gasteiger partial charge is 0.256 e. The van der Waals surface area contributed by atoms with E-state index in [0.29, 0.717) is 5.56 Å². The van der Waals surface area contributed by atoms with Crippen LogP contribution in [0.1, 0.15) is 46.7 Å². The molecular formula is C14H15ClN2O2S. The van der Waals surface area contributed by atoms with Crippen molar-refractivity contribution in [3.05, 3.63) is 39.2 Å². The molecule has 0 aliphatic heterocycles. The van der Waals surface area contributed by atoms with Crippen molar-refractivity contribution in [1.29, 1.82) is 0 Å². The van der Waals surface area contributed by atoms with Crippen LogP contribution in [0.5, 0.6) is 0 Å². The van der Waals surface area contributed by atoms with Crippen LogP contribution in [0.15, 0.2) is 22.1 Å². The van der Waals surface area contributed by atoms with Gasteiger partial charge < -0.3 is 9.73 Å². The van der Waals surface area contributed by atoms with Gasteiger partial charge in [0.2, 0.25) is 5.22 Å². The third-order valence-electron chi connectivity index (χ3n) is 3.70. The van der Waals surface area contributed by atoms with Gasteiger partial charge in [-0.1, -0.05) is 12.8 Å². The summed E-state index contributed by atoms with van der Waals surface area (Å²) in [5.74, 6) is -0.196. The van der Waals surface area contributed by atoms with Crippen LogP contribution in [-0.4, -0.2) is 10.9 Å².